The quantitative estimate of drug-likeness (QED) is 0.594. The van der Waals surface area contributed by atoms with E-state index in [1.54, 1.807) is 16.8 Å². The summed E-state index contributed by atoms with van der Waals surface area (Å²) in [5.41, 5.74) is 0. The molecule has 0 aromatic rings. The number of hydrogen-bond donors (Lipinski definition) is 0. The second-order valence-electron chi connectivity index (χ2n) is 4.73. The van der Waals surface area contributed by atoms with E-state index in [-0.39, 0.29) is 18.2 Å². The molecule has 0 aliphatic rings. The van der Waals surface area contributed by atoms with Crippen molar-refractivity contribution in [2.75, 3.05) is 26.7 Å². The van der Waals surface area contributed by atoms with Crippen molar-refractivity contribution in [1.82, 2.24) is 9.80 Å². The second kappa shape index (κ2) is 9.92. The standard InChI is InChI=1S/C14H28N2O2/c1-5-8-11-15(4)13(17)12-14(18)16(9-6-2)10-7-3/h5-12H2,1-4H3. The van der Waals surface area contributed by atoms with E-state index < -0.39 is 0 Å². The minimum atomic E-state index is -0.0642. The van der Waals surface area contributed by atoms with Crippen molar-refractivity contribution in [3.8, 4) is 0 Å². The zero-order chi connectivity index (χ0) is 14.0. The predicted molar refractivity (Wildman–Crippen MR) is 74.3 cm³/mol. The highest BCUT2D eigenvalue weighted by molar-refractivity contribution is 5.96. The molecule has 0 bridgehead atoms. The zero-order valence-electron chi connectivity index (χ0n) is 12.4. The molecule has 0 aromatic heterocycles. The average Bonchev–Trinajstić information content (AvgIpc) is 2.35. The number of hydrogen-bond acceptors (Lipinski definition) is 2. The lowest BCUT2D eigenvalue weighted by Crippen LogP contribution is -2.37. The second-order valence-corrected chi connectivity index (χ2v) is 4.73. The van der Waals surface area contributed by atoms with Crippen molar-refractivity contribution in [3.63, 3.8) is 0 Å². The number of carbonyl (C=O) groups is 2. The van der Waals surface area contributed by atoms with Crippen LogP contribution in [0.1, 0.15) is 52.9 Å². The Balaban J connectivity index is 4.21. The average molecular weight is 256 g/mol. The van der Waals surface area contributed by atoms with Gasteiger partial charge in [-0.05, 0) is 19.3 Å². The Labute approximate surface area is 111 Å². The van der Waals surface area contributed by atoms with Gasteiger partial charge in [-0.25, -0.2) is 0 Å². The topological polar surface area (TPSA) is 40.6 Å². The number of nitrogens with zero attached hydrogens (tertiary/aromatic N) is 2. The Bertz CT molecular complexity index is 248. The number of amides is 2. The highest BCUT2D eigenvalue weighted by Gasteiger charge is 2.18. The van der Waals surface area contributed by atoms with Gasteiger partial charge in [-0.1, -0.05) is 27.2 Å². The van der Waals surface area contributed by atoms with Gasteiger partial charge in [0.1, 0.15) is 6.42 Å². The fraction of sp³-hybridized carbons (Fsp3) is 0.857. The Kier molecular flexibility index (Phi) is 9.33. The molecule has 106 valence electrons. The van der Waals surface area contributed by atoms with Crippen molar-refractivity contribution in [2.24, 2.45) is 0 Å². The van der Waals surface area contributed by atoms with Crippen LogP contribution in [-0.2, 0) is 9.59 Å². The molecule has 0 heterocycles. The number of carbonyl (C=O) groups excluding carboxylic acids is 2. The Morgan fingerprint density at radius 2 is 1.39 bits per heavy atom. The van der Waals surface area contributed by atoms with Crippen LogP contribution < -0.4 is 0 Å². The first kappa shape index (κ1) is 16.9. The van der Waals surface area contributed by atoms with Crippen molar-refractivity contribution in [1.29, 1.82) is 0 Å². The van der Waals surface area contributed by atoms with Gasteiger partial charge in [0.2, 0.25) is 11.8 Å². The molecule has 4 nitrogen and oxygen atoms in total. The third-order valence-corrected chi connectivity index (χ3v) is 2.92. The van der Waals surface area contributed by atoms with Crippen molar-refractivity contribution >= 4 is 11.8 Å². The summed E-state index contributed by atoms with van der Waals surface area (Å²) in [5, 5.41) is 0. The molecule has 0 rings (SSSR count). The first-order chi connectivity index (χ1) is 8.56. The molecule has 0 aromatic carbocycles. The van der Waals surface area contributed by atoms with Gasteiger partial charge in [0.25, 0.3) is 0 Å². The van der Waals surface area contributed by atoms with Crippen molar-refractivity contribution in [2.45, 2.75) is 52.9 Å². The molecule has 0 atom stereocenters. The van der Waals surface area contributed by atoms with E-state index >= 15 is 0 Å². The molecule has 0 aliphatic carbocycles. The van der Waals surface area contributed by atoms with Gasteiger partial charge in [0.15, 0.2) is 0 Å². The summed E-state index contributed by atoms with van der Waals surface area (Å²) in [6.45, 7) is 8.42. The lowest BCUT2D eigenvalue weighted by molar-refractivity contribution is -0.140. The van der Waals surface area contributed by atoms with E-state index in [0.29, 0.717) is 0 Å². The summed E-state index contributed by atoms with van der Waals surface area (Å²) in [7, 11) is 1.77. The molecule has 0 saturated heterocycles. The van der Waals surface area contributed by atoms with Gasteiger partial charge < -0.3 is 9.80 Å². The summed E-state index contributed by atoms with van der Waals surface area (Å²) < 4.78 is 0. The van der Waals surface area contributed by atoms with E-state index in [4.69, 9.17) is 0 Å². The lowest BCUT2D eigenvalue weighted by Gasteiger charge is -2.23. The van der Waals surface area contributed by atoms with Gasteiger partial charge >= 0.3 is 0 Å². The lowest BCUT2D eigenvalue weighted by atomic mass is 10.2. The molecule has 4 heteroatoms. The van der Waals surface area contributed by atoms with Crippen LogP contribution in [0, 0.1) is 0 Å². The van der Waals surface area contributed by atoms with Crippen LogP contribution in [0.5, 0.6) is 0 Å². The fourth-order valence-electron chi connectivity index (χ4n) is 1.80. The number of rotatable bonds is 9. The molecule has 0 spiro atoms. The summed E-state index contributed by atoms with van der Waals surface area (Å²) in [4.78, 5) is 27.3. The molecule has 0 fully saturated rings. The minimum Gasteiger partial charge on any atom is -0.345 e. The normalized spacial score (nSPS) is 10.2. The first-order valence-electron chi connectivity index (χ1n) is 7.08. The monoisotopic (exact) mass is 256 g/mol. The molecule has 0 radical (unpaired) electrons. The fourth-order valence-corrected chi connectivity index (χ4v) is 1.80. The van der Waals surface area contributed by atoms with E-state index in [1.807, 2.05) is 13.8 Å². The SMILES string of the molecule is CCCCN(C)C(=O)CC(=O)N(CCC)CCC. The van der Waals surface area contributed by atoms with Crippen molar-refractivity contribution in [3.05, 3.63) is 0 Å². The van der Waals surface area contributed by atoms with E-state index in [0.717, 1.165) is 45.3 Å². The molecule has 2 amide bonds. The van der Waals surface area contributed by atoms with Gasteiger partial charge in [0.05, 0.1) is 0 Å². The predicted octanol–water partition coefficient (Wildman–Crippen LogP) is 2.28. The highest BCUT2D eigenvalue weighted by atomic mass is 16.2. The van der Waals surface area contributed by atoms with E-state index in [1.165, 1.54) is 0 Å². The van der Waals surface area contributed by atoms with Crippen LogP contribution in [0.25, 0.3) is 0 Å². The molecule has 0 saturated carbocycles. The van der Waals surface area contributed by atoms with Crippen LogP contribution in [0.4, 0.5) is 0 Å². The van der Waals surface area contributed by atoms with Crippen LogP contribution >= 0.6 is 0 Å². The third kappa shape index (κ3) is 6.62. The van der Waals surface area contributed by atoms with Gasteiger partial charge in [-0.15, -0.1) is 0 Å². The highest BCUT2D eigenvalue weighted by Crippen LogP contribution is 2.02. The smallest absolute Gasteiger partial charge is 0.232 e. The Morgan fingerprint density at radius 1 is 0.833 bits per heavy atom. The van der Waals surface area contributed by atoms with Gasteiger partial charge in [-0.2, -0.15) is 0 Å². The van der Waals surface area contributed by atoms with Gasteiger partial charge in [0, 0.05) is 26.7 Å². The molecule has 0 unspecified atom stereocenters. The molecular weight excluding hydrogens is 228 g/mol. The Hall–Kier alpha value is -1.06. The maximum Gasteiger partial charge on any atom is 0.232 e. The van der Waals surface area contributed by atoms with Crippen molar-refractivity contribution < 1.29 is 9.59 Å². The first-order valence-corrected chi connectivity index (χ1v) is 7.08. The summed E-state index contributed by atoms with van der Waals surface area (Å²) >= 11 is 0. The van der Waals surface area contributed by atoms with Gasteiger partial charge in [-0.3, -0.25) is 9.59 Å². The molecule has 0 aliphatic heterocycles. The summed E-state index contributed by atoms with van der Waals surface area (Å²) in [5.74, 6) is -0.0993. The molecule has 0 N–H and O–H groups in total. The van der Waals surface area contributed by atoms with E-state index in [9.17, 15) is 9.59 Å². The van der Waals surface area contributed by atoms with Crippen LogP contribution in [0.2, 0.25) is 0 Å². The van der Waals surface area contributed by atoms with Crippen LogP contribution in [0.15, 0.2) is 0 Å². The number of unbranched alkanes of at least 4 members (excludes halogenated alkanes) is 1. The van der Waals surface area contributed by atoms with E-state index in [2.05, 4.69) is 6.92 Å². The zero-order valence-corrected chi connectivity index (χ0v) is 12.4. The molecule has 18 heavy (non-hydrogen) atoms. The summed E-state index contributed by atoms with van der Waals surface area (Å²) in [6, 6.07) is 0. The maximum atomic E-state index is 12.0. The van der Waals surface area contributed by atoms with Crippen LogP contribution in [-0.4, -0.2) is 48.3 Å². The van der Waals surface area contributed by atoms with Crippen LogP contribution in [0.3, 0.4) is 0 Å². The minimum absolute atomic E-state index is 0.0141. The summed E-state index contributed by atoms with van der Waals surface area (Å²) in [6.07, 6.45) is 3.94. The third-order valence-electron chi connectivity index (χ3n) is 2.92. The largest absolute Gasteiger partial charge is 0.345 e. The molecular formula is C14H28N2O2. The Morgan fingerprint density at radius 3 is 1.83 bits per heavy atom. The maximum absolute atomic E-state index is 12.0.